The number of hydrogen-bond acceptors (Lipinski definition) is 2. The van der Waals surface area contributed by atoms with Gasteiger partial charge in [0.1, 0.15) is 5.82 Å². The number of aromatic nitrogens is 1. The third-order valence-corrected chi connectivity index (χ3v) is 4.30. The lowest BCUT2D eigenvalue weighted by molar-refractivity contribution is 0.392. The van der Waals surface area contributed by atoms with Crippen LogP contribution < -0.4 is 5.32 Å². The van der Waals surface area contributed by atoms with E-state index in [1.54, 1.807) is 13.1 Å². The van der Waals surface area contributed by atoms with Crippen molar-refractivity contribution in [3.63, 3.8) is 0 Å². The quantitative estimate of drug-likeness (QED) is 0.619. The van der Waals surface area contributed by atoms with E-state index in [-0.39, 0.29) is 5.82 Å². The first-order valence-corrected chi connectivity index (χ1v) is 8.82. The highest BCUT2D eigenvalue weighted by Crippen LogP contribution is 2.15. The Morgan fingerprint density at radius 3 is 2.54 bits per heavy atom. The standard InChI is InChI=1S/C19H27ClFN5/c1-22-19(26(5)13-17-9-16(20)12-25(17)4)23-10-14-6-7-18(21)15(8-14)11-24(2)3/h6-9,12H,10-11,13H2,1-5H3,(H,22,23). The summed E-state index contributed by atoms with van der Waals surface area (Å²) in [4.78, 5) is 8.31. The van der Waals surface area contributed by atoms with Crippen molar-refractivity contribution in [1.29, 1.82) is 0 Å². The summed E-state index contributed by atoms with van der Waals surface area (Å²) in [5.41, 5.74) is 2.80. The average molecular weight is 380 g/mol. The van der Waals surface area contributed by atoms with Gasteiger partial charge in [0.15, 0.2) is 5.96 Å². The second-order valence-electron chi connectivity index (χ2n) is 6.68. The van der Waals surface area contributed by atoms with E-state index in [4.69, 9.17) is 11.6 Å². The number of hydrogen-bond donors (Lipinski definition) is 1. The maximum atomic E-state index is 13.9. The van der Waals surface area contributed by atoms with Crippen LogP contribution in [0, 0.1) is 5.82 Å². The van der Waals surface area contributed by atoms with E-state index in [1.807, 2.05) is 60.9 Å². The Labute approximate surface area is 160 Å². The predicted octanol–water partition coefficient (Wildman–Crippen LogP) is 3.09. The van der Waals surface area contributed by atoms with Gasteiger partial charge in [-0.2, -0.15) is 0 Å². The van der Waals surface area contributed by atoms with Gasteiger partial charge in [0.25, 0.3) is 0 Å². The SMILES string of the molecule is CN=C(NCc1ccc(F)c(CN(C)C)c1)N(C)Cc1cc(Cl)cn1C. The van der Waals surface area contributed by atoms with E-state index in [2.05, 4.69) is 10.3 Å². The largest absolute Gasteiger partial charge is 0.352 e. The maximum absolute atomic E-state index is 13.9. The summed E-state index contributed by atoms with van der Waals surface area (Å²) < 4.78 is 15.9. The molecule has 0 saturated heterocycles. The molecule has 0 aliphatic rings. The van der Waals surface area contributed by atoms with Gasteiger partial charge in [-0.1, -0.05) is 17.7 Å². The van der Waals surface area contributed by atoms with Gasteiger partial charge < -0.3 is 19.7 Å². The highest BCUT2D eigenvalue weighted by molar-refractivity contribution is 6.30. The molecule has 1 aromatic heterocycles. The topological polar surface area (TPSA) is 35.8 Å². The van der Waals surface area contributed by atoms with Crippen LogP contribution in [-0.4, -0.2) is 48.5 Å². The molecule has 0 atom stereocenters. The first-order valence-electron chi connectivity index (χ1n) is 8.44. The molecule has 0 aliphatic carbocycles. The fourth-order valence-corrected chi connectivity index (χ4v) is 3.08. The van der Waals surface area contributed by atoms with Crippen LogP contribution in [0.25, 0.3) is 0 Å². The molecule has 26 heavy (non-hydrogen) atoms. The Morgan fingerprint density at radius 2 is 1.96 bits per heavy atom. The average Bonchev–Trinajstić information content (AvgIpc) is 2.87. The zero-order chi connectivity index (χ0) is 19.3. The van der Waals surface area contributed by atoms with Gasteiger partial charge in [0.05, 0.1) is 11.6 Å². The molecule has 0 radical (unpaired) electrons. The van der Waals surface area contributed by atoms with Crippen LogP contribution in [0.2, 0.25) is 5.02 Å². The summed E-state index contributed by atoms with van der Waals surface area (Å²) in [6, 6.07) is 7.16. The number of aryl methyl sites for hydroxylation is 1. The minimum atomic E-state index is -0.176. The second-order valence-corrected chi connectivity index (χ2v) is 7.12. The minimum Gasteiger partial charge on any atom is -0.352 e. The molecule has 0 bridgehead atoms. The van der Waals surface area contributed by atoms with E-state index >= 15 is 0 Å². The Balaban J connectivity index is 2.01. The van der Waals surface area contributed by atoms with Crippen molar-refractivity contribution in [3.8, 4) is 0 Å². The number of aliphatic imine (C=N–C) groups is 1. The van der Waals surface area contributed by atoms with Crippen molar-refractivity contribution in [2.24, 2.45) is 12.0 Å². The molecular formula is C19H27ClFN5. The Bertz CT molecular complexity index is 769. The fourth-order valence-electron chi connectivity index (χ4n) is 2.81. The zero-order valence-electron chi connectivity index (χ0n) is 16.1. The number of rotatable bonds is 6. The molecule has 0 spiro atoms. The Hall–Kier alpha value is -2.05. The third-order valence-electron chi connectivity index (χ3n) is 4.09. The van der Waals surface area contributed by atoms with Crippen LogP contribution in [-0.2, 0) is 26.7 Å². The van der Waals surface area contributed by atoms with Crippen LogP contribution in [0.3, 0.4) is 0 Å². The molecule has 0 aliphatic heterocycles. The van der Waals surface area contributed by atoms with Crippen LogP contribution in [0.1, 0.15) is 16.8 Å². The molecule has 2 aromatic rings. The van der Waals surface area contributed by atoms with E-state index in [0.717, 1.165) is 22.2 Å². The normalized spacial score (nSPS) is 11.9. The summed E-state index contributed by atoms with van der Waals surface area (Å²) in [6.45, 7) is 1.83. The van der Waals surface area contributed by atoms with Gasteiger partial charge in [-0.3, -0.25) is 4.99 Å². The van der Waals surface area contributed by atoms with Gasteiger partial charge in [0.2, 0.25) is 0 Å². The summed E-state index contributed by atoms with van der Waals surface area (Å²) in [5, 5.41) is 4.05. The summed E-state index contributed by atoms with van der Waals surface area (Å²) in [7, 11) is 9.54. The van der Waals surface area contributed by atoms with Gasteiger partial charge >= 0.3 is 0 Å². The lowest BCUT2D eigenvalue weighted by Gasteiger charge is -2.22. The molecule has 142 valence electrons. The third kappa shape index (κ3) is 5.47. The fraction of sp³-hybridized carbons (Fsp3) is 0.421. The lowest BCUT2D eigenvalue weighted by atomic mass is 10.1. The first kappa shape index (κ1) is 20.3. The van der Waals surface area contributed by atoms with Crippen molar-refractivity contribution in [2.75, 3.05) is 28.2 Å². The van der Waals surface area contributed by atoms with Gasteiger partial charge in [0, 0.05) is 51.7 Å². The highest BCUT2D eigenvalue weighted by atomic mass is 35.5. The number of nitrogens with zero attached hydrogens (tertiary/aromatic N) is 4. The minimum absolute atomic E-state index is 0.176. The van der Waals surface area contributed by atoms with Gasteiger partial charge in [-0.05, 0) is 37.9 Å². The number of halogens is 2. The van der Waals surface area contributed by atoms with Gasteiger partial charge in [-0.25, -0.2) is 4.39 Å². The van der Waals surface area contributed by atoms with Gasteiger partial charge in [-0.15, -0.1) is 0 Å². The molecule has 7 heteroatoms. The number of nitrogens with one attached hydrogen (secondary N) is 1. The molecule has 0 fully saturated rings. The molecule has 1 heterocycles. The smallest absolute Gasteiger partial charge is 0.194 e. The molecule has 1 aromatic carbocycles. The molecule has 1 N–H and O–H groups in total. The molecular weight excluding hydrogens is 353 g/mol. The molecule has 0 unspecified atom stereocenters. The van der Waals surface area contributed by atoms with Crippen molar-refractivity contribution < 1.29 is 4.39 Å². The van der Waals surface area contributed by atoms with Crippen LogP contribution >= 0.6 is 11.6 Å². The van der Waals surface area contributed by atoms with Crippen LogP contribution in [0.5, 0.6) is 0 Å². The highest BCUT2D eigenvalue weighted by Gasteiger charge is 2.11. The molecule has 0 amide bonds. The van der Waals surface area contributed by atoms with Crippen molar-refractivity contribution in [3.05, 3.63) is 58.1 Å². The second kappa shape index (κ2) is 9.05. The van der Waals surface area contributed by atoms with Crippen molar-refractivity contribution >= 4 is 17.6 Å². The van der Waals surface area contributed by atoms with Crippen LogP contribution in [0.15, 0.2) is 35.5 Å². The molecule has 2 rings (SSSR count). The predicted molar refractivity (Wildman–Crippen MR) is 106 cm³/mol. The molecule has 5 nitrogen and oxygen atoms in total. The first-order chi connectivity index (χ1) is 12.3. The number of guanidine groups is 1. The zero-order valence-corrected chi connectivity index (χ0v) is 16.8. The Morgan fingerprint density at radius 1 is 1.23 bits per heavy atom. The lowest BCUT2D eigenvalue weighted by Crippen LogP contribution is -2.38. The van der Waals surface area contributed by atoms with Crippen molar-refractivity contribution in [1.82, 2.24) is 19.7 Å². The maximum Gasteiger partial charge on any atom is 0.194 e. The molecule has 0 saturated carbocycles. The summed E-state index contributed by atoms with van der Waals surface area (Å²) in [5.74, 6) is 0.588. The summed E-state index contributed by atoms with van der Waals surface area (Å²) >= 11 is 6.05. The van der Waals surface area contributed by atoms with Crippen molar-refractivity contribution in [2.45, 2.75) is 19.6 Å². The van der Waals surface area contributed by atoms with E-state index < -0.39 is 0 Å². The summed E-state index contributed by atoms with van der Waals surface area (Å²) in [6.07, 6.45) is 1.88. The van der Waals surface area contributed by atoms with Crippen LogP contribution in [0.4, 0.5) is 4.39 Å². The van der Waals surface area contributed by atoms with E-state index in [1.165, 1.54) is 6.07 Å². The van der Waals surface area contributed by atoms with E-state index in [9.17, 15) is 4.39 Å². The monoisotopic (exact) mass is 379 g/mol. The van der Waals surface area contributed by atoms with E-state index in [0.29, 0.717) is 25.2 Å². The Kier molecular flexibility index (Phi) is 7.06. The number of benzene rings is 1.